The number of thiazole rings is 1. The first kappa shape index (κ1) is 23.3. The highest BCUT2D eigenvalue weighted by Gasteiger charge is 2.27. The molecule has 2 aliphatic heterocycles. The Morgan fingerprint density at radius 1 is 1.11 bits per heavy atom. The van der Waals surface area contributed by atoms with E-state index in [1.54, 1.807) is 16.7 Å². The first-order valence-electron chi connectivity index (χ1n) is 11.7. The number of nitrogens with one attached hydrogen (secondary N) is 1. The number of carbonyl (C=O) groups excluding carboxylic acids is 1. The molecule has 1 N–H and O–H groups in total. The second-order valence-electron chi connectivity index (χ2n) is 8.38. The van der Waals surface area contributed by atoms with E-state index in [0.717, 1.165) is 31.6 Å². The van der Waals surface area contributed by atoms with E-state index >= 15 is 0 Å². The van der Waals surface area contributed by atoms with Crippen LogP contribution in [0.1, 0.15) is 31.4 Å². The van der Waals surface area contributed by atoms with E-state index in [1.807, 2.05) is 18.2 Å². The molecule has 5 rings (SSSR count). The Kier molecular flexibility index (Phi) is 6.44. The molecule has 0 unspecified atom stereocenters. The van der Waals surface area contributed by atoms with Crippen molar-refractivity contribution in [1.82, 2.24) is 9.47 Å². The highest BCUT2D eigenvalue weighted by atomic mass is 32.1. The molecule has 0 saturated carbocycles. The van der Waals surface area contributed by atoms with E-state index in [-0.39, 0.29) is 18.3 Å². The Bertz CT molecular complexity index is 1470. The van der Waals surface area contributed by atoms with Gasteiger partial charge >= 0.3 is 0 Å². The minimum absolute atomic E-state index is 0.155. The third kappa shape index (κ3) is 4.49. The van der Waals surface area contributed by atoms with Crippen molar-refractivity contribution >= 4 is 34.6 Å². The molecule has 2 aromatic carbocycles. The van der Waals surface area contributed by atoms with Gasteiger partial charge in [0.1, 0.15) is 10.5 Å². The predicted molar refractivity (Wildman–Crippen MR) is 134 cm³/mol. The van der Waals surface area contributed by atoms with Crippen LogP contribution < -0.4 is 29.5 Å². The number of aromatic nitrogens is 1. The summed E-state index contributed by atoms with van der Waals surface area (Å²) in [6.07, 6.45) is 2.57. The van der Waals surface area contributed by atoms with Crippen LogP contribution in [0.2, 0.25) is 0 Å². The molecule has 2 aliphatic rings. The zero-order valence-corrected chi connectivity index (χ0v) is 20.4. The highest BCUT2D eigenvalue weighted by molar-refractivity contribution is 7.07. The number of ether oxygens (including phenoxy) is 2. The number of nitrogens with zero attached hydrogens (tertiary/aromatic N) is 2. The monoisotopic (exact) mass is 495 g/mol. The Hall–Kier alpha value is -3.43. The van der Waals surface area contributed by atoms with Crippen LogP contribution in [0, 0.1) is 5.82 Å². The average Bonchev–Trinajstić information content (AvgIpc) is 3.52. The zero-order valence-electron chi connectivity index (χ0n) is 19.6. The van der Waals surface area contributed by atoms with Crippen molar-refractivity contribution < 1.29 is 18.7 Å². The molecular formula is C26H26FN3O4S. The van der Waals surface area contributed by atoms with Crippen molar-refractivity contribution in [1.29, 1.82) is 0 Å². The van der Waals surface area contributed by atoms with E-state index < -0.39 is 5.82 Å². The first-order valence-corrected chi connectivity index (χ1v) is 12.5. The Labute approximate surface area is 205 Å². The summed E-state index contributed by atoms with van der Waals surface area (Å²) in [4.78, 5) is 28.8. The van der Waals surface area contributed by atoms with Gasteiger partial charge in [-0.05, 0) is 68.0 Å². The molecule has 3 heterocycles. The number of benzene rings is 2. The molecule has 0 saturated heterocycles. The maximum atomic E-state index is 13.8. The lowest BCUT2D eigenvalue weighted by atomic mass is 10.1. The van der Waals surface area contributed by atoms with Crippen molar-refractivity contribution in [2.24, 2.45) is 0 Å². The van der Waals surface area contributed by atoms with Crippen LogP contribution in [0.5, 0.6) is 11.5 Å². The lowest BCUT2D eigenvalue weighted by Gasteiger charge is -2.17. The topological polar surface area (TPSA) is 72.8 Å². The maximum Gasteiger partial charge on any atom is 0.269 e. The van der Waals surface area contributed by atoms with Crippen molar-refractivity contribution in [3.8, 4) is 11.5 Å². The van der Waals surface area contributed by atoms with Gasteiger partial charge < -0.3 is 19.7 Å². The third-order valence-electron chi connectivity index (χ3n) is 6.29. The first-order chi connectivity index (χ1) is 17.0. The average molecular weight is 496 g/mol. The van der Waals surface area contributed by atoms with Crippen LogP contribution in [0.4, 0.5) is 10.1 Å². The van der Waals surface area contributed by atoms with Gasteiger partial charge in [0.15, 0.2) is 11.5 Å². The molecule has 0 aliphatic carbocycles. The molecule has 9 heteroatoms. The number of hydrogen-bond donors (Lipinski definition) is 1. The summed E-state index contributed by atoms with van der Waals surface area (Å²) in [7, 11) is 0. The molecule has 35 heavy (non-hydrogen) atoms. The molecule has 0 fully saturated rings. The maximum absolute atomic E-state index is 13.8. The number of rotatable bonds is 7. The third-order valence-corrected chi connectivity index (χ3v) is 7.42. The van der Waals surface area contributed by atoms with Crippen molar-refractivity contribution in [2.45, 2.75) is 26.8 Å². The molecule has 0 radical (unpaired) electrons. The predicted octanol–water partition coefficient (Wildman–Crippen LogP) is 2.49. The van der Waals surface area contributed by atoms with Crippen molar-refractivity contribution in [2.75, 3.05) is 31.7 Å². The molecule has 0 atom stereocenters. The summed E-state index contributed by atoms with van der Waals surface area (Å²) in [5.74, 6) is 0.546. The number of hydrogen-bond acceptors (Lipinski definition) is 6. The lowest BCUT2D eigenvalue weighted by Crippen LogP contribution is -2.34. The van der Waals surface area contributed by atoms with Gasteiger partial charge in [-0.15, -0.1) is 11.3 Å². The Morgan fingerprint density at radius 3 is 2.71 bits per heavy atom. The normalized spacial score (nSPS) is 16.2. The second-order valence-corrected chi connectivity index (χ2v) is 9.42. The summed E-state index contributed by atoms with van der Waals surface area (Å²) in [5.41, 5.74) is 2.07. The second kappa shape index (κ2) is 9.67. The smallest absolute Gasteiger partial charge is 0.269 e. The minimum Gasteiger partial charge on any atom is -0.454 e. The number of amides is 1. The van der Waals surface area contributed by atoms with E-state index in [1.165, 1.54) is 23.5 Å². The fraction of sp³-hybridized carbons (Fsp3) is 0.308. The van der Waals surface area contributed by atoms with Gasteiger partial charge in [-0.3, -0.25) is 14.2 Å². The van der Waals surface area contributed by atoms with Gasteiger partial charge in [-0.1, -0.05) is 19.9 Å². The number of anilines is 1. The quantitative estimate of drug-likeness (QED) is 0.545. The Morgan fingerprint density at radius 2 is 1.91 bits per heavy atom. The van der Waals surface area contributed by atoms with Gasteiger partial charge in [0, 0.05) is 12.1 Å². The van der Waals surface area contributed by atoms with E-state index in [2.05, 4.69) is 24.1 Å². The van der Waals surface area contributed by atoms with Crippen LogP contribution in [0.25, 0.3) is 11.6 Å². The van der Waals surface area contributed by atoms with Gasteiger partial charge in [0.2, 0.25) is 6.79 Å². The largest absolute Gasteiger partial charge is 0.454 e. The van der Waals surface area contributed by atoms with Crippen LogP contribution in [-0.2, 0) is 11.3 Å². The van der Waals surface area contributed by atoms with Crippen LogP contribution >= 0.6 is 11.3 Å². The van der Waals surface area contributed by atoms with E-state index in [0.29, 0.717) is 44.1 Å². The molecule has 1 amide bonds. The van der Waals surface area contributed by atoms with Crippen LogP contribution in [0.3, 0.4) is 0 Å². The number of fused-ring (bicyclic) bond motifs is 2. The SMILES string of the molecule is CCN(CC)CCCn1c(=O)/c(=C/c2ccc3c(c2)OCO3)s/c1=C1/C(=O)Nc2cc(F)ccc21. The minimum atomic E-state index is -0.426. The van der Waals surface area contributed by atoms with Gasteiger partial charge in [0.25, 0.3) is 11.5 Å². The summed E-state index contributed by atoms with van der Waals surface area (Å²) in [6, 6.07) is 9.73. The summed E-state index contributed by atoms with van der Waals surface area (Å²) >= 11 is 1.27. The van der Waals surface area contributed by atoms with Gasteiger partial charge in [-0.2, -0.15) is 0 Å². The van der Waals surface area contributed by atoms with Crippen LogP contribution in [-0.4, -0.2) is 41.8 Å². The van der Waals surface area contributed by atoms with E-state index in [9.17, 15) is 14.0 Å². The van der Waals surface area contributed by atoms with Crippen molar-refractivity contribution in [3.63, 3.8) is 0 Å². The lowest BCUT2D eigenvalue weighted by molar-refractivity contribution is -0.110. The van der Waals surface area contributed by atoms with E-state index in [4.69, 9.17) is 9.47 Å². The molecule has 1 aromatic heterocycles. The molecular weight excluding hydrogens is 469 g/mol. The van der Waals surface area contributed by atoms with Gasteiger partial charge in [0.05, 0.1) is 15.8 Å². The fourth-order valence-corrected chi connectivity index (χ4v) is 5.60. The molecule has 0 spiro atoms. The molecule has 0 bridgehead atoms. The number of halogens is 1. The van der Waals surface area contributed by atoms with Crippen molar-refractivity contribution in [3.05, 3.63) is 72.9 Å². The highest BCUT2D eigenvalue weighted by Crippen LogP contribution is 2.33. The van der Waals surface area contributed by atoms with Gasteiger partial charge in [-0.25, -0.2) is 4.39 Å². The fourth-order valence-electron chi connectivity index (χ4n) is 4.41. The Balaban J connectivity index is 1.64. The van der Waals surface area contributed by atoms with Crippen LogP contribution in [0.15, 0.2) is 41.2 Å². The summed E-state index contributed by atoms with van der Waals surface area (Å²) in [5, 5.41) is 2.74. The summed E-state index contributed by atoms with van der Waals surface area (Å²) in [6.45, 7) is 7.59. The zero-order chi connectivity index (χ0) is 24.5. The summed E-state index contributed by atoms with van der Waals surface area (Å²) < 4.78 is 27.4. The molecule has 7 nitrogen and oxygen atoms in total. The standard InChI is InChI=1S/C26H26FN3O4S/c1-3-29(4-2)10-5-11-30-25(32)22(13-16-6-9-20-21(12-16)34-15-33-20)35-26(30)23-18-8-7-17(27)14-19(18)28-24(23)31/h6-9,12-14H,3-5,10-11,15H2,1-2H3,(H,28,31)/b22-13-,26-23+. The molecule has 3 aromatic rings. The molecule has 182 valence electrons. The number of carbonyl (C=O) groups is 1.